The molecule has 11 heteroatoms. The van der Waals surface area contributed by atoms with Crippen LogP contribution in [-0.4, -0.2) is 61.1 Å². The number of benzene rings is 2. The maximum absolute atomic E-state index is 13.4. The minimum Gasteiger partial charge on any atom is -0.496 e. The van der Waals surface area contributed by atoms with E-state index in [1.54, 1.807) is 37.3 Å². The zero-order chi connectivity index (χ0) is 26.4. The minimum atomic E-state index is -1.17. The second-order valence-electron chi connectivity index (χ2n) is 8.23. The second kappa shape index (κ2) is 11.8. The first kappa shape index (κ1) is 26.8. The number of carboxylic acid groups (broad SMARTS) is 1. The molecule has 1 aliphatic heterocycles. The number of hydrogen-bond donors (Lipinski definition) is 3. The van der Waals surface area contributed by atoms with Crippen LogP contribution in [0.5, 0.6) is 11.5 Å². The fourth-order valence-corrected chi connectivity index (χ4v) is 4.37. The largest absolute Gasteiger partial charge is 0.496 e. The molecular formula is C25H28ClN3O7. The van der Waals surface area contributed by atoms with Gasteiger partial charge < -0.3 is 25.2 Å². The lowest BCUT2D eigenvalue weighted by Gasteiger charge is -2.26. The molecule has 4 amide bonds. The highest BCUT2D eigenvalue weighted by Gasteiger charge is 2.35. The summed E-state index contributed by atoms with van der Waals surface area (Å²) in [6.07, 6.45) is 0.570. The summed E-state index contributed by atoms with van der Waals surface area (Å²) in [4.78, 5) is 51.5. The summed E-state index contributed by atoms with van der Waals surface area (Å²) in [5.74, 6) is -2.27. The molecule has 2 unspecified atom stereocenters. The third-order valence-electron chi connectivity index (χ3n) is 5.98. The number of carbonyl (C=O) groups is 4. The van der Waals surface area contributed by atoms with E-state index in [0.717, 1.165) is 4.90 Å². The van der Waals surface area contributed by atoms with Crippen molar-refractivity contribution in [1.29, 1.82) is 0 Å². The highest BCUT2D eigenvalue weighted by molar-refractivity contribution is 6.30. The van der Waals surface area contributed by atoms with Gasteiger partial charge in [-0.3, -0.25) is 14.5 Å². The minimum absolute atomic E-state index is 0.0444. The van der Waals surface area contributed by atoms with Gasteiger partial charge in [0.2, 0.25) is 11.8 Å². The molecule has 0 aromatic heterocycles. The molecule has 10 nitrogen and oxygen atoms in total. The molecule has 36 heavy (non-hydrogen) atoms. The Labute approximate surface area is 213 Å². The molecule has 1 fully saturated rings. The Bertz CT molecular complexity index is 1170. The SMILES string of the molecule is CCC(NC(=O)N1CC(=O)NCC(Cc2cc(Cl)ccc2OC)C1=O)c1cccc(C(=O)O)c1OC. The molecule has 2 atom stereocenters. The van der Waals surface area contributed by atoms with Crippen molar-refractivity contribution in [3.8, 4) is 11.5 Å². The van der Waals surface area contributed by atoms with E-state index in [1.165, 1.54) is 20.3 Å². The van der Waals surface area contributed by atoms with Crippen LogP contribution in [0.15, 0.2) is 36.4 Å². The van der Waals surface area contributed by atoms with Crippen molar-refractivity contribution in [1.82, 2.24) is 15.5 Å². The standard InChI is InChI=1S/C25H28ClN3O7/c1-4-19(17-6-5-7-18(24(32)33)22(17)36-3)28-25(34)29-13-21(30)27-12-15(23(29)31)10-14-11-16(26)8-9-20(14)35-2/h5-9,11,15,19H,4,10,12-13H2,1-3H3,(H,27,30)(H,28,34)(H,32,33). The molecule has 2 aromatic carbocycles. The number of nitrogens with zero attached hydrogens (tertiary/aromatic N) is 1. The summed E-state index contributed by atoms with van der Waals surface area (Å²) in [5.41, 5.74) is 1.06. The van der Waals surface area contributed by atoms with Gasteiger partial charge in [-0.1, -0.05) is 30.7 Å². The molecule has 2 aromatic rings. The van der Waals surface area contributed by atoms with Crippen LogP contribution in [-0.2, 0) is 16.0 Å². The smallest absolute Gasteiger partial charge is 0.339 e. The molecule has 0 radical (unpaired) electrons. The average Bonchev–Trinajstić information content (AvgIpc) is 3.00. The van der Waals surface area contributed by atoms with Crippen molar-refractivity contribution in [3.63, 3.8) is 0 Å². The van der Waals surface area contributed by atoms with E-state index >= 15 is 0 Å². The summed E-state index contributed by atoms with van der Waals surface area (Å²) in [6.45, 7) is 1.39. The molecule has 1 aliphatic rings. The Balaban J connectivity index is 1.86. The molecule has 1 heterocycles. The number of para-hydroxylation sites is 1. The number of urea groups is 1. The number of amides is 4. The number of carboxylic acids is 1. The van der Waals surface area contributed by atoms with Crippen LogP contribution in [0.2, 0.25) is 5.02 Å². The van der Waals surface area contributed by atoms with Crippen LogP contribution in [0.3, 0.4) is 0 Å². The number of ether oxygens (including phenoxy) is 2. The second-order valence-corrected chi connectivity index (χ2v) is 8.67. The summed E-state index contributed by atoms with van der Waals surface area (Å²) in [6, 6.07) is 8.19. The summed E-state index contributed by atoms with van der Waals surface area (Å²) in [7, 11) is 2.85. The number of nitrogens with one attached hydrogen (secondary N) is 2. The maximum atomic E-state index is 13.4. The fraction of sp³-hybridized carbons (Fsp3) is 0.360. The van der Waals surface area contributed by atoms with Gasteiger partial charge in [0.1, 0.15) is 23.6 Å². The van der Waals surface area contributed by atoms with E-state index in [0.29, 0.717) is 28.3 Å². The number of methoxy groups -OCH3 is 2. The normalized spacial score (nSPS) is 16.6. The lowest BCUT2D eigenvalue weighted by Crippen LogP contribution is -2.48. The number of carbonyl (C=O) groups excluding carboxylic acids is 3. The van der Waals surface area contributed by atoms with Crippen LogP contribution in [0.25, 0.3) is 0 Å². The molecule has 3 rings (SSSR count). The molecule has 0 saturated carbocycles. The van der Waals surface area contributed by atoms with Gasteiger partial charge in [-0.15, -0.1) is 0 Å². The van der Waals surface area contributed by atoms with Crippen molar-refractivity contribution in [2.75, 3.05) is 27.3 Å². The first-order chi connectivity index (χ1) is 17.2. The number of rotatable bonds is 8. The lowest BCUT2D eigenvalue weighted by molar-refractivity contribution is -0.133. The van der Waals surface area contributed by atoms with Crippen LogP contribution < -0.4 is 20.1 Å². The van der Waals surface area contributed by atoms with Gasteiger partial charge in [-0.05, 0) is 42.7 Å². The topological polar surface area (TPSA) is 134 Å². The molecule has 3 N–H and O–H groups in total. The Morgan fingerprint density at radius 1 is 1.22 bits per heavy atom. The Kier molecular flexibility index (Phi) is 8.76. The predicted octanol–water partition coefficient (Wildman–Crippen LogP) is 3.03. The number of hydrogen-bond acceptors (Lipinski definition) is 6. The van der Waals surface area contributed by atoms with Crippen molar-refractivity contribution in [2.24, 2.45) is 5.92 Å². The van der Waals surface area contributed by atoms with Crippen molar-refractivity contribution >= 4 is 35.4 Å². The molecule has 192 valence electrons. The molecule has 1 saturated heterocycles. The highest BCUT2D eigenvalue weighted by atomic mass is 35.5. The van der Waals surface area contributed by atoms with E-state index in [4.69, 9.17) is 21.1 Å². The highest BCUT2D eigenvalue weighted by Crippen LogP contribution is 2.31. The quantitative estimate of drug-likeness (QED) is 0.490. The van der Waals surface area contributed by atoms with Gasteiger partial charge >= 0.3 is 12.0 Å². The van der Waals surface area contributed by atoms with Gasteiger partial charge in [0.05, 0.1) is 26.2 Å². The average molecular weight is 518 g/mol. The molecule has 0 bridgehead atoms. The zero-order valence-corrected chi connectivity index (χ0v) is 20.9. The maximum Gasteiger partial charge on any atom is 0.339 e. The third kappa shape index (κ3) is 5.88. The zero-order valence-electron chi connectivity index (χ0n) is 20.2. The molecular weight excluding hydrogens is 490 g/mol. The number of halogens is 1. The van der Waals surface area contributed by atoms with E-state index in [1.807, 2.05) is 0 Å². The van der Waals surface area contributed by atoms with Crippen molar-refractivity contribution in [2.45, 2.75) is 25.8 Å². The Hall–Kier alpha value is -3.79. The van der Waals surface area contributed by atoms with Gasteiger partial charge in [-0.25, -0.2) is 9.59 Å². The van der Waals surface area contributed by atoms with Gasteiger partial charge in [0.15, 0.2) is 0 Å². The van der Waals surface area contributed by atoms with Crippen molar-refractivity contribution < 1.29 is 33.8 Å². The van der Waals surface area contributed by atoms with Gasteiger partial charge in [-0.2, -0.15) is 0 Å². The van der Waals surface area contributed by atoms with Crippen LogP contribution in [0, 0.1) is 5.92 Å². The summed E-state index contributed by atoms with van der Waals surface area (Å²) in [5, 5.41) is 15.4. The summed E-state index contributed by atoms with van der Waals surface area (Å²) >= 11 is 6.12. The van der Waals surface area contributed by atoms with Crippen molar-refractivity contribution in [3.05, 3.63) is 58.1 Å². The lowest BCUT2D eigenvalue weighted by atomic mass is 9.97. The third-order valence-corrected chi connectivity index (χ3v) is 6.21. The Morgan fingerprint density at radius 3 is 2.61 bits per heavy atom. The van der Waals surface area contributed by atoms with Gasteiger partial charge in [0, 0.05) is 17.1 Å². The Morgan fingerprint density at radius 2 is 1.97 bits per heavy atom. The van der Waals surface area contributed by atoms with E-state index in [2.05, 4.69) is 10.6 Å². The first-order valence-electron chi connectivity index (χ1n) is 11.3. The van der Waals surface area contributed by atoms with E-state index in [-0.39, 0.29) is 24.3 Å². The molecule has 0 aliphatic carbocycles. The van der Waals surface area contributed by atoms with Gasteiger partial charge in [0.25, 0.3) is 0 Å². The van der Waals surface area contributed by atoms with Crippen LogP contribution in [0.4, 0.5) is 4.79 Å². The van der Waals surface area contributed by atoms with E-state index < -0.39 is 42.3 Å². The predicted molar refractivity (Wildman–Crippen MR) is 131 cm³/mol. The number of aromatic carboxylic acids is 1. The monoisotopic (exact) mass is 517 g/mol. The number of imide groups is 1. The summed E-state index contributed by atoms with van der Waals surface area (Å²) < 4.78 is 10.7. The fourth-order valence-electron chi connectivity index (χ4n) is 4.18. The first-order valence-corrected chi connectivity index (χ1v) is 11.7. The molecule has 0 spiro atoms. The van der Waals surface area contributed by atoms with Crippen LogP contribution >= 0.6 is 11.6 Å². The van der Waals surface area contributed by atoms with E-state index in [9.17, 15) is 24.3 Å². The van der Waals surface area contributed by atoms with Crippen LogP contribution in [0.1, 0.15) is 40.9 Å².